The molecule has 2 aliphatic rings. The third kappa shape index (κ3) is 2.49. The third-order valence-electron chi connectivity index (χ3n) is 4.24. The zero-order valence-corrected chi connectivity index (χ0v) is 11.5. The lowest BCUT2D eigenvalue weighted by Crippen LogP contribution is -2.34. The van der Waals surface area contributed by atoms with Gasteiger partial charge in [0.25, 0.3) is 0 Å². The molecule has 0 bridgehead atoms. The van der Waals surface area contributed by atoms with Gasteiger partial charge in [-0.05, 0) is 38.2 Å². The Hall–Kier alpha value is -1.64. The van der Waals surface area contributed by atoms with E-state index in [1.807, 2.05) is 24.3 Å². The monoisotopic (exact) mass is 273 g/mol. The number of rotatable bonds is 4. The SMILES string of the molecule is O=C=NC1(c2ccccc2OC2CCCOC2)CCC1. The van der Waals surface area contributed by atoms with Crippen LogP contribution in [0.3, 0.4) is 0 Å². The predicted octanol–water partition coefficient (Wildman–Crippen LogP) is 2.96. The number of carbonyl (C=O) groups excluding carboxylic acids is 1. The van der Waals surface area contributed by atoms with Gasteiger partial charge in [0.1, 0.15) is 17.4 Å². The van der Waals surface area contributed by atoms with Gasteiger partial charge in [0.15, 0.2) is 0 Å². The van der Waals surface area contributed by atoms with E-state index in [4.69, 9.17) is 9.47 Å². The number of hydrogen-bond donors (Lipinski definition) is 0. The Morgan fingerprint density at radius 2 is 2.15 bits per heavy atom. The summed E-state index contributed by atoms with van der Waals surface area (Å²) in [6.45, 7) is 1.46. The Morgan fingerprint density at radius 3 is 2.80 bits per heavy atom. The molecule has 2 fully saturated rings. The van der Waals surface area contributed by atoms with E-state index in [1.54, 1.807) is 6.08 Å². The van der Waals surface area contributed by atoms with Gasteiger partial charge in [0.05, 0.1) is 6.61 Å². The second-order valence-electron chi connectivity index (χ2n) is 5.54. The summed E-state index contributed by atoms with van der Waals surface area (Å²) < 4.78 is 11.6. The molecule has 0 aromatic heterocycles. The molecule has 1 aromatic carbocycles. The molecule has 0 amide bonds. The number of isocyanates is 1. The maximum atomic E-state index is 10.7. The molecule has 20 heavy (non-hydrogen) atoms. The first-order valence-electron chi connectivity index (χ1n) is 7.27. The van der Waals surface area contributed by atoms with Gasteiger partial charge in [-0.2, -0.15) is 4.99 Å². The normalized spacial score (nSPS) is 24.3. The van der Waals surface area contributed by atoms with Crippen molar-refractivity contribution in [3.05, 3.63) is 29.8 Å². The number of para-hydroxylation sites is 1. The van der Waals surface area contributed by atoms with Crippen molar-refractivity contribution in [2.24, 2.45) is 4.99 Å². The molecule has 1 aliphatic carbocycles. The van der Waals surface area contributed by atoms with E-state index < -0.39 is 5.54 Å². The van der Waals surface area contributed by atoms with Gasteiger partial charge in [-0.3, -0.25) is 0 Å². The van der Waals surface area contributed by atoms with Crippen LogP contribution in [0.2, 0.25) is 0 Å². The van der Waals surface area contributed by atoms with Crippen LogP contribution in [0, 0.1) is 0 Å². The van der Waals surface area contributed by atoms with Crippen LogP contribution in [-0.4, -0.2) is 25.4 Å². The standard InChI is InChI=1S/C16H19NO3/c18-12-17-16(8-4-9-16)14-6-1-2-7-15(14)20-13-5-3-10-19-11-13/h1-2,6-7,13H,3-5,8-11H2. The first-order valence-corrected chi connectivity index (χ1v) is 7.27. The van der Waals surface area contributed by atoms with Crippen molar-refractivity contribution in [2.75, 3.05) is 13.2 Å². The maximum Gasteiger partial charge on any atom is 0.235 e. The van der Waals surface area contributed by atoms with Crippen LogP contribution in [0.1, 0.15) is 37.7 Å². The topological polar surface area (TPSA) is 47.9 Å². The second-order valence-corrected chi connectivity index (χ2v) is 5.54. The molecule has 1 aromatic rings. The molecule has 1 unspecified atom stereocenters. The lowest BCUT2D eigenvalue weighted by molar-refractivity contribution is 0.00615. The minimum absolute atomic E-state index is 0.0993. The van der Waals surface area contributed by atoms with E-state index in [1.165, 1.54) is 0 Å². The first kappa shape index (κ1) is 13.3. The molecule has 4 nitrogen and oxygen atoms in total. The van der Waals surface area contributed by atoms with Crippen LogP contribution in [0.25, 0.3) is 0 Å². The fraction of sp³-hybridized carbons (Fsp3) is 0.562. The smallest absolute Gasteiger partial charge is 0.235 e. The zero-order valence-electron chi connectivity index (χ0n) is 11.5. The van der Waals surface area contributed by atoms with Crippen LogP contribution in [0.15, 0.2) is 29.3 Å². The minimum atomic E-state index is -0.409. The molecule has 106 valence electrons. The molecule has 1 heterocycles. The quantitative estimate of drug-likeness (QED) is 0.626. The number of aliphatic imine (C=N–C) groups is 1. The van der Waals surface area contributed by atoms with Crippen LogP contribution in [0.5, 0.6) is 5.75 Å². The molecule has 1 saturated carbocycles. The minimum Gasteiger partial charge on any atom is -0.488 e. The molecule has 3 rings (SSSR count). The number of hydrogen-bond acceptors (Lipinski definition) is 4. The number of nitrogens with zero attached hydrogens (tertiary/aromatic N) is 1. The molecular formula is C16H19NO3. The van der Waals surface area contributed by atoms with E-state index in [-0.39, 0.29) is 6.10 Å². The Bertz CT molecular complexity index is 512. The van der Waals surface area contributed by atoms with Crippen LogP contribution >= 0.6 is 0 Å². The zero-order chi connectivity index (χ0) is 13.8. The Labute approximate surface area is 118 Å². The molecule has 0 N–H and O–H groups in total. The van der Waals surface area contributed by atoms with Crippen LogP contribution < -0.4 is 4.74 Å². The highest BCUT2D eigenvalue weighted by Crippen LogP contribution is 2.48. The summed E-state index contributed by atoms with van der Waals surface area (Å²) in [5.41, 5.74) is 0.605. The van der Waals surface area contributed by atoms with E-state index in [9.17, 15) is 4.79 Å². The summed E-state index contributed by atoms with van der Waals surface area (Å²) in [6, 6.07) is 7.91. The van der Waals surface area contributed by atoms with Gasteiger partial charge in [-0.25, -0.2) is 4.79 Å². The van der Waals surface area contributed by atoms with Crippen molar-refractivity contribution in [3.8, 4) is 5.75 Å². The maximum absolute atomic E-state index is 10.7. The summed E-state index contributed by atoms with van der Waals surface area (Å²) >= 11 is 0. The van der Waals surface area contributed by atoms with Gasteiger partial charge in [0.2, 0.25) is 6.08 Å². The molecule has 4 heteroatoms. The largest absolute Gasteiger partial charge is 0.488 e. The first-order chi connectivity index (χ1) is 9.84. The van der Waals surface area contributed by atoms with Crippen molar-refractivity contribution >= 4 is 6.08 Å². The van der Waals surface area contributed by atoms with Gasteiger partial charge >= 0.3 is 0 Å². The van der Waals surface area contributed by atoms with Gasteiger partial charge < -0.3 is 9.47 Å². The molecule has 1 saturated heterocycles. The van der Waals surface area contributed by atoms with Crippen LogP contribution in [0.4, 0.5) is 0 Å². The van der Waals surface area contributed by atoms with Crippen molar-refractivity contribution < 1.29 is 14.3 Å². The Morgan fingerprint density at radius 1 is 1.30 bits per heavy atom. The molecule has 1 atom stereocenters. The summed E-state index contributed by atoms with van der Waals surface area (Å²) in [5.74, 6) is 0.835. The Kier molecular flexibility index (Phi) is 3.86. The lowest BCUT2D eigenvalue weighted by atomic mass is 9.72. The van der Waals surface area contributed by atoms with E-state index in [0.29, 0.717) is 6.61 Å². The van der Waals surface area contributed by atoms with Crippen molar-refractivity contribution in [2.45, 2.75) is 43.7 Å². The van der Waals surface area contributed by atoms with Gasteiger partial charge in [-0.1, -0.05) is 18.2 Å². The fourth-order valence-corrected chi connectivity index (χ4v) is 2.98. The highest BCUT2D eigenvalue weighted by Gasteiger charge is 2.41. The fourth-order valence-electron chi connectivity index (χ4n) is 2.98. The third-order valence-corrected chi connectivity index (χ3v) is 4.24. The average molecular weight is 273 g/mol. The number of ether oxygens (including phenoxy) is 2. The molecule has 0 radical (unpaired) electrons. The summed E-state index contributed by atoms with van der Waals surface area (Å²) in [7, 11) is 0. The van der Waals surface area contributed by atoms with E-state index >= 15 is 0 Å². The van der Waals surface area contributed by atoms with Gasteiger partial charge in [0, 0.05) is 12.2 Å². The van der Waals surface area contributed by atoms with E-state index in [2.05, 4.69) is 4.99 Å². The molecular weight excluding hydrogens is 254 g/mol. The second kappa shape index (κ2) is 5.78. The highest BCUT2D eigenvalue weighted by atomic mass is 16.5. The molecule has 1 aliphatic heterocycles. The predicted molar refractivity (Wildman–Crippen MR) is 74.6 cm³/mol. The van der Waals surface area contributed by atoms with Crippen molar-refractivity contribution in [3.63, 3.8) is 0 Å². The summed E-state index contributed by atoms with van der Waals surface area (Å²) in [6.07, 6.45) is 6.75. The summed E-state index contributed by atoms with van der Waals surface area (Å²) in [5, 5.41) is 0. The molecule has 0 spiro atoms. The van der Waals surface area contributed by atoms with Crippen molar-refractivity contribution in [1.82, 2.24) is 0 Å². The van der Waals surface area contributed by atoms with Crippen LogP contribution in [-0.2, 0) is 15.1 Å². The lowest BCUT2D eigenvalue weighted by Gasteiger charge is -2.38. The average Bonchev–Trinajstić information content (AvgIpc) is 2.45. The van der Waals surface area contributed by atoms with Gasteiger partial charge in [-0.15, -0.1) is 0 Å². The summed E-state index contributed by atoms with van der Waals surface area (Å²) in [4.78, 5) is 14.8. The number of benzene rings is 1. The highest BCUT2D eigenvalue weighted by molar-refractivity contribution is 5.45. The van der Waals surface area contributed by atoms with E-state index in [0.717, 1.165) is 50.0 Å². The van der Waals surface area contributed by atoms with Crippen molar-refractivity contribution in [1.29, 1.82) is 0 Å². The Balaban J connectivity index is 1.85.